The van der Waals surface area contributed by atoms with Crippen LogP contribution in [0.3, 0.4) is 0 Å². The molecular formula is C10H7BrN4O2S. The lowest BCUT2D eigenvalue weighted by Crippen LogP contribution is -2.13. The molecule has 0 saturated heterocycles. The van der Waals surface area contributed by atoms with E-state index in [-0.39, 0.29) is 5.03 Å². The maximum absolute atomic E-state index is 11.9. The van der Waals surface area contributed by atoms with Gasteiger partial charge in [0, 0.05) is 4.47 Å². The summed E-state index contributed by atoms with van der Waals surface area (Å²) in [5.41, 5.74) is 0.787. The van der Waals surface area contributed by atoms with Crippen molar-refractivity contribution in [2.75, 3.05) is 4.72 Å². The third kappa shape index (κ3) is 2.52. The van der Waals surface area contributed by atoms with Crippen molar-refractivity contribution >= 4 is 31.6 Å². The van der Waals surface area contributed by atoms with Gasteiger partial charge in [-0.15, -0.1) is 0 Å². The number of nitriles is 1. The summed E-state index contributed by atoms with van der Waals surface area (Å²) in [6.07, 6.45) is 1.35. The van der Waals surface area contributed by atoms with Crippen LogP contribution in [0.25, 0.3) is 0 Å². The first-order valence-corrected chi connectivity index (χ1v) is 7.02. The van der Waals surface area contributed by atoms with Crippen LogP contribution < -0.4 is 4.72 Å². The minimum atomic E-state index is -3.69. The second-order valence-corrected chi connectivity index (χ2v) is 5.84. The fourth-order valence-electron chi connectivity index (χ4n) is 1.26. The monoisotopic (exact) mass is 326 g/mol. The average Bonchev–Trinajstić information content (AvgIpc) is 2.86. The summed E-state index contributed by atoms with van der Waals surface area (Å²) in [7, 11) is -3.69. The van der Waals surface area contributed by atoms with Crippen LogP contribution in [0.1, 0.15) is 5.56 Å². The normalized spacial score (nSPS) is 10.9. The molecule has 1 heterocycles. The van der Waals surface area contributed by atoms with Crippen LogP contribution in [0.15, 0.2) is 40.0 Å². The molecule has 0 bridgehead atoms. The summed E-state index contributed by atoms with van der Waals surface area (Å²) in [6.45, 7) is 0. The highest BCUT2D eigenvalue weighted by molar-refractivity contribution is 9.10. The molecule has 0 saturated carbocycles. The van der Waals surface area contributed by atoms with Gasteiger partial charge in [0.05, 0.1) is 23.5 Å². The molecule has 0 fully saturated rings. The number of hydrogen-bond acceptors (Lipinski definition) is 4. The smallest absolute Gasteiger partial charge is 0.277 e. The first-order chi connectivity index (χ1) is 8.53. The Labute approximate surface area is 112 Å². The molecule has 2 N–H and O–H groups in total. The molecule has 8 heteroatoms. The summed E-state index contributed by atoms with van der Waals surface area (Å²) in [4.78, 5) is 0. The van der Waals surface area contributed by atoms with Crippen molar-refractivity contribution in [3.8, 4) is 6.07 Å². The summed E-state index contributed by atoms with van der Waals surface area (Å²) < 4.78 is 26.7. The molecule has 1 aromatic carbocycles. The number of H-pyrrole nitrogens is 1. The summed E-state index contributed by atoms with van der Waals surface area (Å²) in [5, 5.41) is 14.6. The zero-order chi connectivity index (χ0) is 13.2. The van der Waals surface area contributed by atoms with Crippen molar-refractivity contribution in [2.24, 2.45) is 0 Å². The Hall–Kier alpha value is -1.85. The zero-order valence-electron chi connectivity index (χ0n) is 8.88. The van der Waals surface area contributed by atoms with Crippen LogP contribution in [0.2, 0.25) is 0 Å². The van der Waals surface area contributed by atoms with Gasteiger partial charge in [-0.2, -0.15) is 18.8 Å². The summed E-state index contributed by atoms with van der Waals surface area (Å²) in [5.74, 6) is 0. The fourth-order valence-corrected chi connectivity index (χ4v) is 2.86. The number of rotatable bonds is 3. The first-order valence-electron chi connectivity index (χ1n) is 4.75. The molecule has 0 radical (unpaired) electrons. The van der Waals surface area contributed by atoms with E-state index >= 15 is 0 Å². The third-order valence-corrected chi connectivity index (χ3v) is 4.06. The van der Waals surface area contributed by atoms with E-state index in [0.717, 1.165) is 0 Å². The molecule has 0 aliphatic rings. The Morgan fingerprint density at radius 2 is 2.17 bits per heavy atom. The Balaban J connectivity index is 2.33. The molecule has 1 aromatic heterocycles. The largest absolute Gasteiger partial charge is 0.278 e. The highest BCUT2D eigenvalue weighted by atomic mass is 79.9. The van der Waals surface area contributed by atoms with Crippen molar-refractivity contribution in [3.05, 3.63) is 40.5 Å². The topological polar surface area (TPSA) is 98.6 Å². The molecule has 18 heavy (non-hydrogen) atoms. The quantitative estimate of drug-likeness (QED) is 0.898. The van der Waals surface area contributed by atoms with Gasteiger partial charge in [0.1, 0.15) is 0 Å². The average molecular weight is 327 g/mol. The number of halogens is 1. The van der Waals surface area contributed by atoms with E-state index in [9.17, 15) is 8.42 Å². The number of nitrogens with zero attached hydrogens (tertiary/aromatic N) is 2. The lowest BCUT2D eigenvalue weighted by Gasteiger charge is -2.08. The molecule has 6 nitrogen and oxygen atoms in total. The molecule has 0 atom stereocenters. The second-order valence-electron chi connectivity index (χ2n) is 3.33. The van der Waals surface area contributed by atoms with Gasteiger partial charge in [-0.25, -0.2) is 0 Å². The maximum Gasteiger partial charge on any atom is 0.278 e. The van der Waals surface area contributed by atoms with E-state index in [2.05, 4.69) is 30.8 Å². The van der Waals surface area contributed by atoms with Crippen molar-refractivity contribution in [2.45, 2.75) is 5.03 Å². The molecular weight excluding hydrogens is 320 g/mol. The Morgan fingerprint density at radius 3 is 2.72 bits per heavy atom. The van der Waals surface area contributed by atoms with Gasteiger partial charge >= 0.3 is 0 Å². The standard InChI is InChI=1S/C10H7BrN4O2S/c11-8-5-7(6-12)1-2-9(8)15-18(16,17)10-3-4-13-14-10/h1-5,15H,(H,13,14). The van der Waals surface area contributed by atoms with Gasteiger partial charge in [0.15, 0.2) is 5.03 Å². The molecule has 0 amide bonds. The van der Waals surface area contributed by atoms with E-state index in [0.29, 0.717) is 15.7 Å². The van der Waals surface area contributed by atoms with Crippen LogP contribution in [-0.2, 0) is 10.0 Å². The predicted octanol–water partition coefficient (Wildman–Crippen LogP) is 1.84. The van der Waals surface area contributed by atoms with E-state index in [1.54, 1.807) is 0 Å². The fraction of sp³-hybridized carbons (Fsp3) is 0. The lowest BCUT2D eigenvalue weighted by molar-refractivity contribution is 0.597. The van der Waals surface area contributed by atoms with Crippen molar-refractivity contribution in [3.63, 3.8) is 0 Å². The number of aromatic amines is 1. The van der Waals surface area contributed by atoms with Crippen molar-refractivity contribution in [1.29, 1.82) is 5.26 Å². The number of benzene rings is 1. The molecule has 0 unspecified atom stereocenters. The molecule has 2 rings (SSSR count). The molecule has 0 aliphatic heterocycles. The summed E-state index contributed by atoms with van der Waals surface area (Å²) in [6, 6.07) is 7.88. The number of sulfonamides is 1. The van der Waals surface area contributed by atoms with Crippen molar-refractivity contribution in [1.82, 2.24) is 10.2 Å². The van der Waals surface area contributed by atoms with Gasteiger partial charge in [-0.3, -0.25) is 9.82 Å². The summed E-state index contributed by atoms with van der Waals surface area (Å²) >= 11 is 3.20. The minimum absolute atomic E-state index is 0.0289. The van der Waals surface area contributed by atoms with Gasteiger partial charge in [0.25, 0.3) is 10.0 Å². The number of hydrogen-bond donors (Lipinski definition) is 2. The van der Waals surface area contributed by atoms with Crippen LogP contribution in [-0.4, -0.2) is 18.6 Å². The minimum Gasteiger partial charge on any atom is -0.277 e. The number of nitrogens with one attached hydrogen (secondary N) is 2. The van der Waals surface area contributed by atoms with Crippen LogP contribution in [0, 0.1) is 11.3 Å². The van der Waals surface area contributed by atoms with E-state index < -0.39 is 10.0 Å². The van der Waals surface area contributed by atoms with Crippen LogP contribution in [0.4, 0.5) is 5.69 Å². The van der Waals surface area contributed by atoms with E-state index in [1.165, 1.54) is 30.5 Å². The van der Waals surface area contributed by atoms with Gasteiger partial charge in [-0.1, -0.05) is 0 Å². The zero-order valence-corrected chi connectivity index (χ0v) is 11.3. The Morgan fingerprint density at radius 1 is 1.39 bits per heavy atom. The first kappa shape index (κ1) is 12.6. The lowest BCUT2D eigenvalue weighted by atomic mass is 10.2. The van der Waals surface area contributed by atoms with Crippen LogP contribution >= 0.6 is 15.9 Å². The molecule has 92 valence electrons. The van der Waals surface area contributed by atoms with Gasteiger partial charge < -0.3 is 0 Å². The predicted molar refractivity (Wildman–Crippen MR) is 68.3 cm³/mol. The highest BCUT2D eigenvalue weighted by Gasteiger charge is 2.16. The SMILES string of the molecule is N#Cc1ccc(NS(=O)(=O)c2ccn[nH]2)c(Br)c1. The molecule has 0 spiro atoms. The van der Waals surface area contributed by atoms with E-state index in [4.69, 9.17) is 5.26 Å². The van der Waals surface area contributed by atoms with Gasteiger partial charge in [-0.05, 0) is 40.2 Å². The number of aromatic nitrogens is 2. The molecule has 0 aliphatic carbocycles. The number of anilines is 1. The van der Waals surface area contributed by atoms with Crippen LogP contribution in [0.5, 0.6) is 0 Å². The Bertz CT molecular complexity index is 704. The van der Waals surface area contributed by atoms with E-state index in [1.807, 2.05) is 6.07 Å². The molecule has 2 aromatic rings. The Kier molecular flexibility index (Phi) is 3.36. The third-order valence-electron chi connectivity index (χ3n) is 2.11. The maximum atomic E-state index is 11.9. The second kappa shape index (κ2) is 4.80. The highest BCUT2D eigenvalue weighted by Crippen LogP contribution is 2.25. The van der Waals surface area contributed by atoms with Gasteiger partial charge in [0.2, 0.25) is 0 Å². The van der Waals surface area contributed by atoms with Crippen molar-refractivity contribution < 1.29 is 8.42 Å².